The number of para-hydroxylation sites is 1. The molecule has 2 heteroatoms. The van der Waals surface area contributed by atoms with Crippen molar-refractivity contribution in [2.24, 2.45) is 0 Å². The van der Waals surface area contributed by atoms with Crippen molar-refractivity contribution >= 4 is 0 Å². The first-order valence-corrected chi connectivity index (χ1v) is 5.49. The number of unbranched alkanes of at least 4 members (excludes halogenated alkanes) is 1. The molecule has 1 aromatic rings. The Morgan fingerprint density at radius 2 is 2.07 bits per heavy atom. The lowest BCUT2D eigenvalue weighted by Crippen LogP contribution is -2.03. The van der Waals surface area contributed by atoms with Crippen molar-refractivity contribution < 1.29 is 9.47 Å². The summed E-state index contributed by atoms with van der Waals surface area (Å²) in [6.07, 6.45) is 3.49. The monoisotopic (exact) mass is 208 g/mol. The van der Waals surface area contributed by atoms with Crippen molar-refractivity contribution in [2.75, 3.05) is 13.9 Å². The molecule has 0 saturated heterocycles. The number of hydrogen-bond donors (Lipinski definition) is 0. The molecule has 0 bridgehead atoms. The molecule has 0 radical (unpaired) electrons. The van der Waals surface area contributed by atoms with Gasteiger partial charge in [0.2, 0.25) is 0 Å². The molecule has 0 amide bonds. The summed E-state index contributed by atoms with van der Waals surface area (Å²) < 4.78 is 10.5. The van der Waals surface area contributed by atoms with Crippen molar-refractivity contribution in [1.82, 2.24) is 0 Å². The van der Waals surface area contributed by atoms with Gasteiger partial charge in [0.1, 0.15) is 5.75 Å². The molecule has 1 aromatic carbocycles. The van der Waals surface area contributed by atoms with E-state index < -0.39 is 0 Å². The van der Waals surface area contributed by atoms with Gasteiger partial charge in [-0.2, -0.15) is 0 Å². The first-order chi connectivity index (χ1) is 7.29. The second-order valence-electron chi connectivity index (χ2n) is 3.72. The van der Waals surface area contributed by atoms with Gasteiger partial charge in [0.15, 0.2) is 6.79 Å². The number of hydrogen-bond acceptors (Lipinski definition) is 2. The van der Waals surface area contributed by atoms with E-state index in [1.54, 1.807) is 7.11 Å². The Balaban J connectivity index is 2.77. The Hall–Kier alpha value is -1.02. The maximum atomic E-state index is 5.59. The van der Waals surface area contributed by atoms with Crippen molar-refractivity contribution in [3.63, 3.8) is 0 Å². The summed E-state index contributed by atoms with van der Waals surface area (Å²) >= 11 is 0. The largest absolute Gasteiger partial charge is 0.467 e. The van der Waals surface area contributed by atoms with Gasteiger partial charge in [0.05, 0.1) is 0 Å². The van der Waals surface area contributed by atoms with Gasteiger partial charge in [0.25, 0.3) is 0 Å². The lowest BCUT2D eigenvalue weighted by Gasteiger charge is -2.13. The highest BCUT2D eigenvalue weighted by Crippen LogP contribution is 2.24. The third-order valence-corrected chi connectivity index (χ3v) is 2.41. The molecular weight excluding hydrogens is 188 g/mol. The van der Waals surface area contributed by atoms with E-state index in [4.69, 9.17) is 9.47 Å². The molecular formula is C13H20O2. The second kappa shape index (κ2) is 6.46. The number of aryl methyl sites for hydroxylation is 2. The van der Waals surface area contributed by atoms with Crippen LogP contribution >= 0.6 is 0 Å². The van der Waals surface area contributed by atoms with E-state index in [-0.39, 0.29) is 0 Å². The predicted octanol–water partition coefficient (Wildman–Crippen LogP) is 3.32. The van der Waals surface area contributed by atoms with E-state index in [1.165, 1.54) is 24.0 Å². The Labute approximate surface area is 92.2 Å². The van der Waals surface area contributed by atoms with Crippen LogP contribution in [0, 0.1) is 6.92 Å². The second-order valence-corrected chi connectivity index (χ2v) is 3.72. The van der Waals surface area contributed by atoms with Crippen molar-refractivity contribution in [3.8, 4) is 5.75 Å². The van der Waals surface area contributed by atoms with Crippen LogP contribution in [0.1, 0.15) is 30.9 Å². The van der Waals surface area contributed by atoms with E-state index in [2.05, 4.69) is 32.0 Å². The molecule has 15 heavy (non-hydrogen) atoms. The Bertz CT molecular complexity index is 295. The van der Waals surface area contributed by atoms with Crippen LogP contribution in [-0.4, -0.2) is 13.9 Å². The molecule has 0 aliphatic heterocycles. The van der Waals surface area contributed by atoms with E-state index in [1.807, 2.05) is 0 Å². The smallest absolute Gasteiger partial charge is 0.188 e. The van der Waals surface area contributed by atoms with Gasteiger partial charge in [-0.25, -0.2) is 0 Å². The highest BCUT2D eigenvalue weighted by atomic mass is 16.7. The molecule has 84 valence electrons. The fourth-order valence-corrected chi connectivity index (χ4v) is 1.60. The maximum absolute atomic E-state index is 5.59. The van der Waals surface area contributed by atoms with Crippen LogP contribution in [0.5, 0.6) is 5.75 Å². The standard InChI is InChI=1S/C13H20O2/c1-4-5-8-12-9-6-7-11(2)13(12)15-10-14-3/h6-7,9H,4-5,8,10H2,1-3H3. The van der Waals surface area contributed by atoms with E-state index >= 15 is 0 Å². The normalized spacial score (nSPS) is 10.3. The number of ether oxygens (including phenoxy) is 2. The molecule has 0 aliphatic carbocycles. The van der Waals surface area contributed by atoms with Crippen LogP contribution in [-0.2, 0) is 11.2 Å². The lowest BCUT2D eigenvalue weighted by molar-refractivity contribution is 0.0499. The molecule has 2 nitrogen and oxygen atoms in total. The molecule has 0 heterocycles. The van der Waals surface area contributed by atoms with Gasteiger partial charge < -0.3 is 9.47 Å². The average molecular weight is 208 g/mol. The fraction of sp³-hybridized carbons (Fsp3) is 0.538. The molecule has 0 aliphatic rings. The summed E-state index contributed by atoms with van der Waals surface area (Å²) in [6.45, 7) is 4.59. The van der Waals surface area contributed by atoms with Crippen molar-refractivity contribution in [3.05, 3.63) is 29.3 Å². The Morgan fingerprint density at radius 1 is 1.27 bits per heavy atom. The SMILES string of the molecule is CCCCc1cccc(C)c1OCOC. The topological polar surface area (TPSA) is 18.5 Å². The third-order valence-electron chi connectivity index (χ3n) is 2.41. The zero-order valence-electron chi connectivity index (χ0n) is 9.88. The predicted molar refractivity (Wildman–Crippen MR) is 62.3 cm³/mol. The van der Waals surface area contributed by atoms with Crippen LogP contribution in [0.3, 0.4) is 0 Å². The molecule has 0 spiro atoms. The molecule has 0 aromatic heterocycles. The minimum Gasteiger partial charge on any atom is -0.467 e. The van der Waals surface area contributed by atoms with E-state index in [9.17, 15) is 0 Å². The zero-order valence-corrected chi connectivity index (χ0v) is 9.88. The van der Waals surface area contributed by atoms with Crippen LogP contribution in [0.25, 0.3) is 0 Å². The Kier molecular flexibility index (Phi) is 5.19. The highest BCUT2D eigenvalue weighted by molar-refractivity contribution is 5.40. The number of benzene rings is 1. The first kappa shape index (κ1) is 12.1. The van der Waals surface area contributed by atoms with E-state index in [0.29, 0.717) is 6.79 Å². The van der Waals surface area contributed by atoms with Gasteiger partial charge in [-0.15, -0.1) is 0 Å². The summed E-state index contributed by atoms with van der Waals surface area (Å²) in [5.74, 6) is 0.993. The fourth-order valence-electron chi connectivity index (χ4n) is 1.60. The average Bonchev–Trinajstić information content (AvgIpc) is 2.25. The number of rotatable bonds is 6. The highest BCUT2D eigenvalue weighted by Gasteiger charge is 2.05. The quantitative estimate of drug-likeness (QED) is 0.668. The lowest BCUT2D eigenvalue weighted by atomic mass is 10.0. The summed E-state index contributed by atoms with van der Waals surface area (Å²) in [7, 11) is 1.64. The van der Waals surface area contributed by atoms with Gasteiger partial charge in [-0.05, 0) is 30.9 Å². The summed E-state index contributed by atoms with van der Waals surface area (Å²) in [5.41, 5.74) is 2.47. The van der Waals surface area contributed by atoms with Crippen molar-refractivity contribution in [2.45, 2.75) is 33.1 Å². The Morgan fingerprint density at radius 3 is 2.73 bits per heavy atom. The third kappa shape index (κ3) is 3.56. The van der Waals surface area contributed by atoms with Crippen LogP contribution in [0.15, 0.2) is 18.2 Å². The summed E-state index contributed by atoms with van der Waals surface area (Å²) in [5, 5.41) is 0. The molecule has 0 unspecified atom stereocenters. The summed E-state index contributed by atoms with van der Waals surface area (Å²) in [4.78, 5) is 0. The van der Waals surface area contributed by atoms with Crippen LogP contribution in [0.4, 0.5) is 0 Å². The molecule has 0 atom stereocenters. The maximum Gasteiger partial charge on any atom is 0.188 e. The van der Waals surface area contributed by atoms with E-state index in [0.717, 1.165) is 12.2 Å². The van der Waals surface area contributed by atoms with Gasteiger partial charge in [0, 0.05) is 7.11 Å². The van der Waals surface area contributed by atoms with Gasteiger partial charge in [-0.1, -0.05) is 31.5 Å². The summed E-state index contributed by atoms with van der Waals surface area (Å²) in [6, 6.07) is 6.29. The molecule has 1 rings (SSSR count). The van der Waals surface area contributed by atoms with Gasteiger partial charge >= 0.3 is 0 Å². The van der Waals surface area contributed by atoms with Crippen molar-refractivity contribution in [1.29, 1.82) is 0 Å². The molecule has 0 saturated carbocycles. The molecule has 0 N–H and O–H groups in total. The van der Waals surface area contributed by atoms with Crippen LogP contribution < -0.4 is 4.74 Å². The van der Waals surface area contributed by atoms with Crippen LogP contribution in [0.2, 0.25) is 0 Å². The number of methoxy groups -OCH3 is 1. The first-order valence-electron chi connectivity index (χ1n) is 5.49. The zero-order chi connectivity index (χ0) is 11.1. The minimum atomic E-state index is 0.323. The molecule has 0 fully saturated rings. The van der Waals surface area contributed by atoms with Gasteiger partial charge in [-0.3, -0.25) is 0 Å². The minimum absolute atomic E-state index is 0.323.